The van der Waals surface area contributed by atoms with Gasteiger partial charge in [0, 0.05) is 24.9 Å². The predicted octanol–water partition coefficient (Wildman–Crippen LogP) is 3.87. The summed E-state index contributed by atoms with van der Waals surface area (Å²) in [6, 6.07) is 15.3. The van der Waals surface area contributed by atoms with E-state index in [1.165, 1.54) is 0 Å². The molecule has 3 aromatic rings. The van der Waals surface area contributed by atoms with Gasteiger partial charge < -0.3 is 14.0 Å². The van der Waals surface area contributed by atoms with Crippen LogP contribution in [0.25, 0.3) is 11.3 Å². The van der Waals surface area contributed by atoms with Crippen molar-refractivity contribution in [1.82, 2.24) is 10.1 Å². The van der Waals surface area contributed by atoms with Crippen molar-refractivity contribution >= 4 is 0 Å². The Morgan fingerprint density at radius 2 is 1.91 bits per heavy atom. The van der Waals surface area contributed by atoms with Crippen LogP contribution in [0, 0.1) is 0 Å². The SMILES string of the molecule is CCOc1ccc(-c2cc(C(OC)c3ccccn3)no2)cc1. The van der Waals surface area contributed by atoms with Crippen molar-refractivity contribution in [3.8, 4) is 17.1 Å². The maximum Gasteiger partial charge on any atom is 0.167 e. The third-order valence-electron chi connectivity index (χ3n) is 3.44. The summed E-state index contributed by atoms with van der Waals surface area (Å²) in [7, 11) is 1.63. The predicted molar refractivity (Wildman–Crippen MR) is 86.2 cm³/mol. The molecule has 2 heterocycles. The Morgan fingerprint density at radius 1 is 1.09 bits per heavy atom. The highest BCUT2D eigenvalue weighted by Crippen LogP contribution is 2.28. The van der Waals surface area contributed by atoms with Crippen molar-refractivity contribution in [3.63, 3.8) is 0 Å². The molecule has 0 N–H and O–H groups in total. The standard InChI is InChI=1S/C18H18N2O3/c1-3-22-14-9-7-13(8-10-14)17-12-16(20-23-17)18(21-2)15-6-4-5-11-19-15/h4-12,18H,3H2,1-2H3. The first-order valence-electron chi connectivity index (χ1n) is 7.45. The molecule has 0 amide bonds. The van der Waals surface area contributed by atoms with Gasteiger partial charge in [0.15, 0.2) is 5.76 Å². The first kappa shape index (κ1) is 15.2. The summed E-state index contributed by atoms with van der Waals surface area (Å²) in [5.74, 6) is 1.51. The number of rotatable bonds is 6. The maximum atomic E-state index is 5.52. The lowest BCUT2D eigenvalue weighted by atomic mass is 10.1. The second-order valence-corrected chi connectivity index (χ2v) is 4.94. The lowest BCUT2D eigenvalue weighted by Gasteiger charge is -2.10. The second-order valence-electron chi connectivity index (χ2n) is 4.94. The van der Waals surface area contributed by atoms with E-state index >= 15 is 0 Å². The van der Waals surface area contributed by atoms with Gasteiger partial charge in [-0.1, -0.05) is 11.2 Å². The van der Waals surface area contributed by atoms with Crippen molar-refractivity contribution < 1.29 is 14.0 Å². The monoisotopic (exact) mass is 310 g/mol. The van der Waals surface area contributed by atoms with Crippen LogP contribution in [0.1, 0.15) is 24.4 Å². The minimum Gasteiger partial charge on any atom is -0.494 e. The Labute approximate surface area is 134 Å². The molecule has 5 nitrogen and oxygen atoms in total. The molecule has 2 aromatic heterocycles. The molecule has 1 aromatic carbocycles. The van der Waals surface area contributed by atoms with E-state index in [0.29, 0.717) is 18.1 Å². The topological polar surface area (TPSA) is 57.4 Å². The number of methoxy groups -OCH3 is 1. The average Bonchev–Trinajstić information content (AvgIpc) is 3.07. The molecule has 1 unspecified atom stereocenters. The number of benzene rings is 1. The fourth-order valence-corrected chi connectivity index (χ4v) is 2.35. The molecule has 3 rings (SSSR count). The van der Waals surface area contributed by atoms with Gasteiger partial charge in [-0.3, -0.25) is 4.98 Å². The zero-order chi connectivity index (χ0) is 16.1. The molecule has 0 aliphatic rings. The summed E-state index contributed by atoms with van der Waals surface area (Å²) in [5, 5.41) is 4.13. The minimum absolute atomic E-state index is 0.351. The Hall–Kier alpha value is -2.66. The van der Waals surface area contributed by atoms with Gasteiger partial charge in [0.1, 0.15) is 17.5 Å². The molecular formula is C18H18N2O3. The smallest absolute Gasteiger partial charge is 0.167 e. The van der Waals surface area contributed by atoms with Gasteiger partial charge in [0.25, 0.3) is 0 Å². The van der Waals surface area contributed by atoms with Crippen LogP contribution < -0.4 is 4.74 Å². The van der Waals surface area contributed by atoms with E-state index in [-0.39, 0.29) is 6.10 Å². The number of hydrogen-bond donors (Lipinski definition) is 0. The number of pyridine rings is 1. The van der Waals surface area contributed by atoms with E-state index in [2.05, 4.69) is 10.1 Å². The molecule has 118 valence electrons. The molecule has 0 saturated heterocycles. The lowest BCUT2D eigenvalue weighted by molar-refractivity contribution is 0.126. The normalized spacial score (nSPS) is 12.1. The third kappa shape index (κ3) is 3.40. The van der Waals surface area contributed by atoms with E-state index in [1.807, 2.05) is 55.5 Å². The van der Waals surface area contributed by atoms with Gasteiger partial charge in [-0.15, -0.1) is 0 Å². The molecule has 0 aliphatic carbocycles. The number of hydrogen-bond acceptors (Lipinski definition) is 5. The lowest BCUT2D eigenvalue weighted by Crippen LogP contribution is -2.05. The van der Waals surface area contributed by atoms with Crippen LogP contribution in [0.4, 0.5) is 0 Å². The second kappa shape index (κ2) is 7.07. The first-order chi connectivity index (χ1) is 11.3. The van der Waals surface area contributed by atoms with Crippen molar-refractivity contribution in [2.24, 2.45) is 0 Å². The highest BCUT2D eigenvalue weighted by Gasteiger charge is 2.19. The van der Waals surface area contributed by atoms with E-state index < -0.39 is 0 Å². The van der Waals surface area contributed by atoms with Crippen LogP contribution in [0.2, 0.25) is 0 Å². The minimum atomic E-state index is -0.351. The van der Waals surface area contributed by atoms with Crippen LogP contribution >= 0.6 is 0 Å². The van der Waals surface area contributed by atoms with Gasteiger partial charge >= 0.3 is 0 Å². The summed E-state index contributed by atoms with van der Waals surface area (Å²) >= 11 is 0. The van der Waals surface area contributed by atoms with Gasteiger partial charge in [-0.2, -0.15) is 0 Å². The largest absolute Gasteiger partial charge is 0.494 e. The summed E-state index contributed by atoms with van der Waals surface area (Å²) in [6.45, 7) is 2.60. The Morgan fingerprint density at radius 3 is 2.57 bits per heavy atom. The van der Waals surface area contributed by atoms with Crippen LogP contribution in [0.3, 0.4) is 0 Å². The van der Waals surface area contributed by atoms with Crippen molar-refractivity contribution in [1.29, 1.82) is 0 Å². The van der Waals surface area contributed by atoms with E-state index in [4.69, 9.17) is 14.0 Å². The number of ether oxygens (including phenoxy) is 2. The Kier molecular flexibility index (Phi) is 4.68. The highest BCUT2D eigenvalue weighted by molar-refractivity contribution is 5.58. The van der Waals surface area contributed by atoms with Crippen LogP contribution in [0.15, 0.2) is 59.3 Å². The number of aromatic nitrogens is 2. The summed E-state index contributed by atoms with van der Waals surface area (Å²) in [4.78, 5) is 4.32. The van der Waals surface area contributed by atoms with Crippen molar-refractivity contribution in [3.05, 3.63) is 66.1 Å². The van der Waals surface area contributed by atoms with Crippen molar-refractivity contribution in [2.45, 2.75) is 13.0 Å². The maximum absolute atomic E-state index is 5.52. The van der Waals surface area contributed by atoms with Crippen LogP contribution in [-0.2, 0) is 4.74 Å². The Balaban J connectivity index is 1.84. The number of nitrogens with zero attached hydrogens (tertiary/aromatic N) is 2. The molecular weight excluding hydrogens is 292 g/mol. The van der Waals surface area contributed by atoms with Gasteiger partial charge in [-0.25, -0.2) is 0 Å². The summed E-state index contributed by atoms with van der Waals surface area (Å²) in [6.07, 6.45) is 1.38. The fourth-order valence-electron chi connectivity index (χ4n) is 2.35. The average molecular weight is 310 g/mol. The molecule has 5 heteroatoms. The third-order valence-corrected chi connectivity index (χ3v) is 3.44. The van der Waals surface area contributed by atoms with E-state index in [9.17, 15) is 0 Å². The summed E-state index contributed by atoms with van der Waals surface area (Å²) < 4.78 is 16.4. The molecule has 0 bridgehead atoms. The van der Waals surface area contributed by atoms with Gasteiger partial charge in [0.2, 0.25) is 0 Å². The Bertz CT molecular complexity index is 738. The fraction of sp³-hybridized carbons (Fsp3) is 0.222. The molecule has 0 saturated carbocycles. The zero-order valence-corrected chi connectivity index (χ0v) is 13.1. The van der Waals surface area contributed by atoms with Crippen molar-refractivity contribution in [2.75, 3.05) is 13.7 Å². The molecule has 0 radical (unpaired) electrons. The zero-order valence-electron chi connectivity index (χ0n) is 13.1. The van der Waals surface area contributed by atoms with E-state index in [1.54, 1.807) is 13.3 Å². The molecule has 0 spiro atoms. The summed E-state index contributed by atoms with van der Waals surface area (Å²) in [5.41, 5.74) is 2.42. The highest BCUT2D eigenvalue weighted by atomic mass is 16.5. The van der Waals surface area contributed by atoms with Gasteiger partial charge in [-0.05, 0) is 43.3 Å². The van der Waals surface area contributed by atoms with Crippen LogP contribution in [0.5, 0.6) is 5.75 Å². The molecule has 0 fully saturated rings. The van der Waals surface area contributed by atoms with Gasteiger partial charge in [0.05, 0.1) is 12.3 Å². The molecule has 23 heavy (non-hydrogen) atoms. The molecule has 1 atom stereocenters. The van der Waals surface area contributed by atoms with E-state index in [0.717, 1.165) is 17.0 Å². The molecule has 0 aliphatic heterocycles. The van der Waals surface area contributed by atoms with Crippen LogP contribution in [-0.4, -0.2) is 23.9 Å². The first-order valence-corrected chi connectivity index (χ1v) is 7.45. The quantitative estimate of drug-likeness (QED) is 0.691.